The molecule has 2 N–H and O–H groups in total. The zero-order valence-electron chi connectivity index (χ0n) is 10.1. The Labute approximate surface area is 100 Å². The molecule has 1 saturated carbocycles. The van der Waals surface area contributed by atoms with Gasteiger partial charge in [0.1, 0.15) is 0 Å². The highest BCUT2D eigenvalue weighted by molar-refractivity contribution is 5.67. The summed E-state index contributed by atoms with van der Waals surface area (Å²) in [7, 11) is 0. The van der Waals surface area contributed by atoms with Crippen LogP contribution in [-0.4, -0.2) is 16.5 Å². The van der Waals surface area contributed by atoms with E-state index in [4.69, 9.17) is 10.2 Å². The summed E-state index contributed by atoms with van der Waals surface area (Å²) in [6.45, 7) is 2.57. The smallest absolute Gasteiger partial charge is 0.204 e. The molecule has 2 aromatic heterocycles. The summed E-state index contributed by atoms with van der Waals surface area (Å²) in [5.41, 5.74) is 8.33. The van der Waals surface area contributed by atoms with Crippen LogP contribution >= 0.6 is 0 Å². The molecule has 0 radical (unpaired) electrons. The third kappa shape index (κ3) is 1.63. The van der Waals surface area contributed by atoms with Crippen molar-refractivity contribution in [1.29, 1.82) is 0 Å². The molecule has 0 bridgehead atoms. The van der Waals surface area contributed by atoms with Gasteiger partial charge in [-0.05, 0) is 31.9 Å². The van der Waals surface area contributed by atoms with Crippen LogP contribution < -0.4 is 5.73 Å². The van der Waals surface area contributed by atoms with E-state index in [0.717, 1.165) is 30.0 Å². The minimum Gasteiger partial charge on any atom is -0.438 e. The van der Waals surface area contributed by atoms with Crippen molar-refractivity contribution in [2.24, 2.45) is 5.73 Å². The summed E-state index contributed by atoms with van der Waals surface area (Å²) >= 11 is 0. The Morgan fingerprint density at radius 3 is 2.76 bits per heavy atom. The van der Waals surface area contributed by atoms with E-state index in [1.165, 1.54) is 12.8 Å². The van der Waals surface area contributed by atoms with Crippen LogP contribution in [0.1, 0.15) is 37.3 Å². The Balaban J connectivity index is 2.11. The van der Waals surface area contributed by atoms with Crippen LogP contribution in [0.15, 0.2) is 16.5 Å². The lowest BCUT2D eigenvalue weighted by Gasteiger charge is -2.22. The second-order valence-electron chi connectivity index (χ2n) is 4.98. The fraction of sp³-hybridized carbons (Fsp3) is 0.538. The van der Waals surface area contributed by atoms with Gasteiger partial charge in [-0.1, -0.05) is 12.8 Å². The third-order valence-corrected chi connectivity index (χ3v) is 3.80. The number of nitrogens with zero attached hydrogens (tertiary/aromatic N) is 2. The Kier molecular flexibility index (Phi) is 2.40. The molecule has 90 valence electrons. The van der Waals surface area contributed by atoms with Crippen LogP contribution in [0.3, 0.4) is 0 Å². The van der Waals surface area contributed by atoms with Crippen LogP contribution in [0.2, 0.25) is 0 Å². The van der Waals surface area contributed by atoms with Gasteiger partial charge in [-0.3, -0.25) is 0 Å². The molecule has 4 heteroatoms. The lowest BCUT2D eigenvalue weighted by molar-refractivity contribution is 0.344. The number of oxazole rings is 1. The van der Waals surface area contributed by atoms with Crippen molar-refractivity contribution in [3.63, 3.8) is 0 Å². The van der Waals surface area contributed by atoms with Crippen LogP contribution in [0.4, 0.5) is 0 Å². The summed E-state index contributed by atoms with van der Waals surface area (Å²) < 4.78 is 5.85. The molecule has 4 nitrogen and oxygen atoms in total. The highest BCUT2D eigenvalue weighted by Gasteiger charge is 2.39. The molecule has 17 heavy (non-hydrogen) atoms. The molecule has 2 heterocycles. The number of nitrogens with two attached hydrogens (primary N) is 1. The van der Waals surface area contributed by atoms with Gasteiger partial charge in [0.15, 0.2) is 11.2 Å². The van der Waals surface area contributed by atoms with Crippen molar-refractivity contribution < 1.29 is 4.42 Å². The summed E-state index contributed by atoms with van der Waals surface area (Å²) in [5.74, 6) is 0.783. The summed E-state index contributed by atoms with van der Waals surface area (Å²) in [5, 5.41) is 0. The van der Waals surface area contributed by atoms with E-state index in [-0.39, 0.29) is 5.41 Å². The van der Waals surface area contributed by atoms with Crippen molar-refractivity contribution in [3.8, 4) is 0 Å². The van der Waals surface area contributed by atoms with Crippen molar-refractivity contribution in [1.82, 2.24) is 9.97 Å². The lowest BCUT2D eigenvalue weighted by atomic mass is 9.86. The second kappa shape index (κ2) is 3.81. The Bertz CT molecular complexity index is 541. The molecule has 1 fully saturated rings. The number of hydrogen-bond acceptors (Lipinski definition) is 4. The number of aryl methyl sites for hydroxylation is 1. The lowest BCUT2D eigenvalue weighted by Crippen LogP contribution is -2.32. The van der Waals surface area contributed by atoms with Crippen LogP contribution in [0.25, 0.3) is 11.2 Å². The first-order valence-electron chi connectivity index (χ1n) is 6.18. The molecule has 0 aromatic carbocycles. The molecule has 0 aliphatic heterocycles. The second-order valence-corrected chi connectivity index (χ2v) is 4.98. The van der Waals surface area contributed by atoms with Gasteiger partial charge < -0.3 is 10.2 Å². The maximum Gasteiger partial charge on any atom is 0.204 e. The number of hydrogen-bond donors (Lipinski definition) is 1. The van der Waals surface area contributed by atoms with Gasteiger partial charge >= 0.3 is 0 Å². The van der Waals surface area contributed by atoms with E-state index in [1.54, 1.807) is 0 Å². The number of aromatic nitrogens is 2. The predicted octanol–water partition coefficient (Wildman–Crippen LogP) is 2.30. The highest BCUT2D eigenvalue weighted by Crippen LogP contribution is 2.40. The van der Waals surface area contributed by atoms with Gasteiger partial charge in [-0.15, -0.1) is 0 Å². The monoisotopic (exact) mass is 231 g/mol. The van der Waals surface area contributed by atoms with Crippen molar-refractivity contribution in [3.05, 3.63) is 23.7 Å². The van der Waals surface area contributed by atoms with E-state index in [0.29, 0.717) is 12.2 Å². The molecular formula is C13H17N3O. The Morgan fingerprint density at radius 1 is 1.29 bits per heavy atom. The van der Waals surface area contributed by atoms with E-state index in [1.807, 2.05) is 19.1 Å². The number of fused-ring (bicyclic) bond motifs is 1. The standard InChI is InChI=1S/C13H17N3O/c1-9-4-5-10-11(15-9)16-12(17-10)13(8-14)6-2-3-7-13/h4-5H,2-3,6-8,14H2,1H3. The number of pyridine rings is 1. The van der Waals surface area contributed by atoms with E-state index < -0.39 is 0 Å². The maximum atomic E-state index is 5.93. The summed E-state index contributed by atoms with van der Waals surface area (Å²) in [4.78, 5) is 8.93. The molecule has 2 aromatic rings. The van der Waals surface area contributed by atoms with Gasteiger partial charge in [0.05, 0.1) is 5.41 Å². The van der Waals surface area contributed by atoms with Gasteiger partial charge in [-0.2, -0.15) is 4.98 Å². The quantitative estimate of drug-likeness (QED) is 0.861. The molecule has 0 spiro atoms. The molecular weight excluding hydrogens is 214 g/mol. The minimum atomic E-state index is -0.0470. The SMILES string of the molecule is Cc1ccc2oc(C3(CN)CCCC3)nc2n1. The average molecular weight is 231 g/mol. The number of rotatable bonds is 2. The van der Waals surface area contributed by atoms with Gasteiger partial charge in [0.2, 0.25) is 5.89 Å². The fourth-order valence-electron chi connectivity index (χ4n) is 2.70. The molecule has 0 saturated heterocycles. The first kappa shape index (κ1) is 10.7. The van der Waals surface area contributed by atoms with Gasteiger partial charge in [0, 0.05) is 12.2 Å². The zero-order valence-corrected chi connectivity index (χ0v) is 10.1. The normalized spacial score (nSPS) is 18.9. The summed E-state index contributed by atoms with van der Waals surface area (Å²) in [6, 6.07) is 3.88. The minimum absolute atomic E-state index is 0.0470. The van der Waals surface area contributed by atoms with Crippen molar-refractivity contribution >= 4 is 11.2 Å². The highest BCUT2D eigenvalue weighted by atomic mass is 16.3. The predicted molar refractivity (Wildman–Crippen MR) is 65.7 cm³/mol. The topological polar surface area (TPSA) is 64.9 Å². The largest absolute Gasteiger partial charge is 0.438 e. The van der Waals surface area contributed by atoms with Gasteiger partial charge in [0.25, 0.3) is 0 Å². The average Bonchev–Trinajstić information content (AvgIpc) is 2.94. The Morgan fingerprint density at radius 2 is 2.06 bits per heavy atom. The first-order chi connectivity index (χ1) is 8.23. The molecule has 1 aliphatic rings. The third-order valence-electron chi connectivity index (χ3n) is 3.80. The molecule has 0 amide bonds. The molecule has 1 aliphatic carbocycles. The fourth-order valence-corrected chi connectivity index (χ4v) is 2.70. The van der Waals surface area contributed by atoms with E-state index >= 15 is 0 Å². The van der Waals surface area contributed by atoms with E-state index in [9.17, 15) is 0 Å². The van der Waals surface area contributed by atoms with Crippen molar-refractivity contribution in [2.75, 3.05) is 6.54 Å². The maximum absolute atomic E-state index is 5.93. The van der Waals surface area contributed by atoms with Gasteiger partial charge in [-0.25, -0.2) is 4.98 Å². The zero-order chi connectivity index (χ0) is 11.9. The van der Waals surface area contributed by atoms with Crippen LogP contribution in [0.5, 0.6) is 0 Å². The summed E-state index contributed by atoms with van der Waals surface area (Å²) in [6.07, 6.45) is 4.58. The molecule has 3 rings (SSSR count). The molecule has 0 unspecified atom stereocenters. The van der Waals surface area contributed by atoms with E-state index in [2.05, 4.69) is 9.97 Å². The van der Waals surface area contributed by atoms with Crippen LogP contribution in [-0.2, 0) is 5.41 Å². The molecule has 0 atom stereocenters. The Hall–Kier alpha value is -1.42. The first-order valence-corrected chi connectivity index (χ1v) is 6.18. The van der Waals surface area contributed by atoms with Crippen molar-refractivity contribution in [2.45, 2.75) is 38.0 Å². The van der Waals surface area contributed by atoms with Crippen LogP contribution in [0, 0.1) is 6.92 Å².